The van der Waals surface area contributed by atoms with Gasteiger partial charge in [0.1, 0.15) is 11.7 Å². The summed E-state index contributed by atoms with van der Waals surface area (Å²) in [5, 5.41) is 7.45. The van der Waals surface area contributed by atoms with Crippen LogP contribution in [0.15, 0.2) is 47.1 Å². The van der Waals surface area contributed by atoms with Gasteiger partial charge in [-0.05, 0) is 29.8 Å². The number of benzene rings is 1. The Morgan fingerprint density at radius 2 is 2.16 bits per heavy atom. The highest BCUT2D eigenvalue weighted by molar-refractivity contribution is 9.10. The molecule has 0 aliphatic heterocycles. The fraction of sp³-hybridized carbons (Fsp3) is 0.143. The first-order valence-corrected chi connectivity index (χ1v) is 6.61. The maximum absolute atomic E-state index is 7.45. The van der Waals surface area contributed by atoms with Gasteiger partial charge < -0.3 is 10.6 Å². The first kappa shape index (κ1) is 13.5. The number of rotatable bonds is 4. The minimum Gasteiger partial charge on any atom is -0.384 e. The van der Waals surface area contributed by atoms with Crippen LogP contribution in [-0.2, 0) is 6.54 Å². The smallest absolute Gasteiger partial charge is 0.129 e. The highest BCUT2D eigenvalue weighted by atomic mass is 79.9. The molecule has 5 heteroatoms. The number of hydrogen-bond acceptors (Lipinski definition) is 3. The van der Waals surface area contributed by atoms with E-state index in [0.717, 1.165) is 16.8 Å². The van der Waals surface area contributed by atoms with Gasteiger partial charge in [-0.3, -0.25) is 5.41 Å². The number of halogens is 1. The molecular weight excluding hydrogens is 304 g/mol. The first-order chi connectivity index (χ1) is 9.06. The average molecular weight is 319 g/mol. The lowest BCUT2D eigenvalue weighted by Crippen LogP contribution is -2.19. The number of nitrogen functional groups attached to an aromatic ring is 1. The molecule has 0 radical (unpaired) electrons. The van der Waals surface area contributed by atoms with Gasteiger partial charge in [0.05, 0.1) is 0 Å². The number of nitrogens with two attached hydrogens (primary N) is 1. The molecule has 19 heavy (non-hydrogen) atoms. The summed E-state index contributed by atoms with van der Waals surface area (Å²) in [5.74, 6) is 0.854. The zero-order chi connectivity index (χ0) is 13.8. The molecular formula is C14H15BrN4. The van der Waals surface area contributed by atoms with E-state index in [1.54, 1.807) is 12.3 Å². The van der Waals surface area contributed by atoms with Crippen LogP contribution in [0.5, 0.6) is 0 Å². The van der Waals surface area contributed by atoms with E-state index >= 15 is 0 Å². The van der Waals surface area contributed by atoms with Crippen molar-refractivity contribution in [1.82, 2.24) is 4.98 Å². The fourth-order valence-electron chi connectivity index (χ4n) is 1.78. The second-order valence-corrected chi connectivity index (χ2v) is 5.22. The van der Waals surface area contributed by atoms with Gasteiger partial charge in [0.25, 0.3) is 0 Å². The Morgan fingerprint density at radius 3 is 2.84 bits per heavy atom. The lowest BCUT2D eigenvalue weighted by atomic mass is 10.2. The monoisotopic (exact) mass is 318 g/mol. The molecule has 3 N–H and O–H groups in total. The van der Waals surface area contributed by atoms with E-state index in [1.807, 2.05) is 30.1 Å². The Hall–Kier alpha value is -1.88. The van der Waals surface area contributed by atoms with Crippen molar-refractivity contribution in [2.75, 3.05) is 11.9 Å². The Balaban J connectivity index is 2.18. The van der Waals surface area contributed by atoms with Gasteiger partial charge in [-0.25, -0.2) is 4.98 Å². The number of aromatic nitrogens is 1. The lowest BCUT2D eigenvalue weighted by Gasteiger charge is -2.18. The van der Waals surface area contributed by atoms with Crippen LogP contribution in [0.2, 0.25) is 0 Å². The Labute approximate surface area is 120 Å². The molecule has 1 aromatic carbocycles. The third-order valence-corrected chi connectivity index (χ3v) is 3.25. The van der Waals surface area contributed by atoms with Gasteiger partial charge in [-0.2, -0.15) is 0 Å². The fourth-order valence-corrected chi connectivity index (χ4v) is 2.23. The van der Waals surface area contributed by atoms with Crippen LogP contribution in [-0.4, -0.2) is 17.9 Å². The van der Waals surface area contributed by atoms with Crippen LogP contribution >= 0.6 is 15.9 Å². The van der Waals surface area contributed by atoms with Gasteiger partial charge in [0.15, 0.2) is 0 Å². The molecule has 0 fully saturated rings. The zero-order valence-corrected chi connectivity index (χ0v) is 12.2. The zero-order valence-electron chi connectivity index (χ0n) is 10.6. The predicted molar refractivity (Wildman–Crippen MR) is 81.5 cm³/mol. The summed E-state index contributed by atoms with van der Waals surface area (Å²) in [6.45, 7) is 0.744. The van der Waals surface area contributed by atoms with Crippen molar-refractivity contribution in [3.8, 4) is 0 Å². The summed E-state index contributed by atoms with van der Waals surface area (Å²) in [6, 6.07) is 11.7. The standard InChI is InChI=1S/C14H15BrN4/c1-19(9-10-3-2-4-12(15)7-10)13-8-11(14(16)17)5-6-18-13/h2-8H,9H2,1H3,(H3,16,17). The Bertz CT molecular complexity index is 598. The molecule has 98 valence electrons. The quantitative estimate of drug-likeness (QED) is 0.673. The summed E-state index contributed by atoms with van der Waals surface area (Å²) in [5.41, 5.74) is 7.36. The van der Waals surface area contributed by atoms with Gasteiger partial charge in [0, 0.05) is 29.8 Å². The van der Waals surface area contributed by atoms with Crippen molar-refractivity contribution < 1.29 is 0 Å². The summed E-state index contributed by atoms with van der Waals surface area (Å²) in [7, 11) is 1.97. The van der Waals surface area contributed by atoms with Gasteiger partial charge >= 0.3 is 0 Å². The maximum atomic E-state index is 7.45. The van der Waals surface area contributed by atoms with E-state index in [2.05, 4.69) is 33.0 Å². The number of hydrogen-bond donors (Lipinski definition) is 2. The minimum atomic E-state index is 0.0551. The minimum absolute atomic E-state index is 0.0551. The molecule has 2 aromatic rings. The van der Waals surface area contributed by atoms with Crippen LogP contribution in [0, 0.1) is 5.41 Å². The molecule has 1 heterocycles. The molecule has 0 saturated heterocycles. The van der Waals surface area contributed by atoms with E-state index < -0.39 is 0 Å². The SMILES string of the molecule is CN(Cc1cccc(Br)c1)c1cc(C(=N)N)ccn1. The van der Waals surface area contributed by atoms with Crippen LogP contribution in [0.1, 0.15) is 11.1 Å². The van der Waals surface area contributed by atoms with Crippen molar-refractivity contribution in [2.24, 2.45) is 5.73 Å². The molecule has 4 nitrogen and oxygen atoms in total. The molecule has 2 rings (SSSR count). The molecule has 0 bridgehead atoms. The van der Waals surface area contributed by atoms with Gasteiger partial charge in [-0.1, -0.05) is 28.1 Å². The van der Waals surface area contributed by atoms with Crippen LogP contribution in [0.4, 0.5) is 5.82 Å². The molecule has 0 aliphatic rings. The van der Waals surface area contributed by atoms with Crippen LogP contribution < -0.4 is 10.6 Å². The van der Waals surface area contributed by atoms with Gasteiger partial charge in [-0.15, -0.1) is 0 Å². The van der Waals surface area contributed by atoms with Crippen LogP contribution in [0.3, 0.4) is 0 Å². The van der Waals surface area contributed by atoms with E-state index in [4.69, 9.17) is 11.1 Å². The summed E-state index contributed by atoms with van der Waals surface area (Å²) in [6.07, 6.45) is 1.67. The van der Waals surface area contributed by atoms with Crippen molar-refractivity contribution in [3.05, 3.63) is 58.2 Å². The highest BCUT2D eigenvalue weighted by Crippen LogP contribution is 2.17. The number of pyridine rings is 1. The van der Waals surface area contributed by atoms with E-state index in [9.17, 15) is 0 Å². The molecule has 0 amide bonds. The van der Waals surface area contributed by atoms with E-state index in [1.165, 1.54) is 5.56 Å². The molecule has 0 spiro atoms. The molecule has 0 atom stereocenters. The third kappa shape index (κ3) is 3.54. The predicted octanol–water partition coefficient (Wildman–Crippen LogP) is 2.76. The largest absolute Gasteiger partial charge is 0.384 e. The third-order valence-electron chi connectivity index (χ3n) is 2.76. The number of nitrogens with one attached hydrogen (secondary N) is 1. The maximum Gasteiger partial charge on any atom is 0.129 e. The summed E-state index contributed by atoms with van der Waals surface area (Å²) < 4.78 is 1.06. The van der Waals surface area contributed by atoms with E-state index in [0.29, 0.717) is 5.56 Å². The van der Waals surface area contributed by atoms with Crippen molar-refractivity contribution in [2.45, 2.75) is 6.54 Å². The number of amidine groups is 1. The van der Waals surface area contributed by atoms with E-state index in [-0.39, 0.29) is 5.84 Å². The van der Waals surface area contributed by atoms with Crippen molar-refractivity contribution in [3.63, 3.8) is 0 Å². The average Bonchev–Trinajstić information content (AvgIpc) is 2.39. The van der Waals surface area contributed by atoms with Crippen LogP contribution in [0.25, 0.3) is 0 Å². The van der Waals surface area contributed by atoms with Gasteiger partial charge in [0.2, 0.25) is 0 Å². The Morgan fingerprint density at radius 1 is 1.37 bits per heavy atom. The second-order valence-electron chi connectivity index (χ2n) is 4.30. The first-order valence-electron chi connectivity index (χ1n) is 5.82. The summed E-state index contributed by atoms with van der Waals surface area (Å²) in [4.78, 5) is 6.32. The number of nitrogens with zero attached hydrogens (tertiary/aromatic N) is 2. The molecule has 1 aromatic heterocycles. The second kappa shape index (κ2) is 5.84. The molecule has 0 saturated carbocycles. The lowest BCUT2D eigenvalue weighted by molar-refractivity contribution is 0.897. The van der Waals surface area contributed by atoms with Crippen molar-refractivity contribution in [1.29, 1.82) is 5.41 Å². The highest BCUT2D eigenvalue weighted by Gasteiger charge is 2.06. The Kier molecular flexibility index (Phi) is 4.16. The molecule has 0 unspecified atom stereocenters. The topological polar surface area (TPSA) is 66.0 Å². The summed E-state index contributed by atoms with van der Waals surface area (Å²) >= 11 is 3.46. The normalized spacial score (nSPS) is 10.2. The van der Waals surface area contributed by atoms with Crippen molar-refractivity contribution >= 4 is 27.6 Å². The number of anilines is 1. The molecule has 0 aliphatic carbocycles.